The van der Waals surface area contributed by atoms with Crippen LogP contribution in [0.3, 0.4) is 0 Å². The molecule has 0 saturated heterocycles. The van der Waals surface area contributed by atoms with E-state index in [2.05, 4.69) is 5.32 Å². The van der Waals surface area contributed by atoms with E-state index >= 15 is 0 Å². The van der Waals surface area contributed by atoms with Crippen LogP contribution in [-0.4, -0.2) is 30.1 Å². The van der Waals surface area contributed by atoms with Crippen LogP contribution in [0.5, 0.6) is 0 Å². The molecule has 1 amide bonds. The largest absolute Gasteiger partial charge is 0.464 e. The van der Waals surface area contributed by atoms with Crippen molar-refractivity contribution < 1.29 is 19.4 Å². The van der Waals surface area contributed by atoms with Gasteiger partial charge < -0.3 is 15.2 Å². The minimum atomic E-state index is -1.40. The third-order valence-electron chi connectivity index (χ3n) is 2.40. The Bertz CT molecular complexity index is 447. The van der Waals surface area contributed by atoms with Crippen molar-refractivity contribution >= 4 is 35.6 Å². The van der Waals surface area contributed by atoms with Crippen molar-refractivity contribution in [1.29, 1.82) is 0 Å². The van der Waals surface area contributed by atoms with Crippen molar-refractivity contribution in [2.75, 3.05) is 6.61 Å². The normalized spacial score (nSPS) is 13.5. The number of carbonyl (C=O) groups excluding carboxylic acids is 2. The number of ether oxygens (including phenoxy) is 1. The van der Waals surface area contributed by atoms with Gasteiger partial charge in [-0.15, -0.1) is 0 Å². The molecule has 2 N–H and O–H groups in total. The van der Waals surface area contributed by atoms with Crippen LogP contribution in [0.4, 0.5) is 0 Å². The van der Waals surface area contributed by atoms with Gasteiger partial charge >= 0.3 is 5.97 Å². The number of aliphatic hydroxyl groups excluding tert-OH is 1. The molecule has 104 valence electrons. The maximum atomic E-state index is 11.7. The van der Waals surface area contributed by atoms with Crippen LogP contribution in [0.15, 0.2) is 18.2 Å². The van der Waals surface area contributed by atoms with Gasteiger partial charge in [-0.3, -0.25) is 4.79 Å². The molecule has 2 atom stereocenters. The number of esters is 1. The highest BCUT2D eigenvalue weighted by Gasteiger charge is 2.31. The standard InChI is InChI=1S/C12H13Cl2NO4/c1-2-19-12(18)10(15-6-16)11(17)9-7(13)4-3-5-8(9)14/h3-6,10-11,17H,2H2,1H3,(H,15,16). The Morgan fingerprint density at radius 3 is 2.53 bits per heavy atom. The number of hydrogen-bond acceptors (Lipinski definition) is 4. The van der Waals surface area contributed by atoms with Crippen LogP contribution >= 0.6 is 23.2 Å². The minimum absolute atomic E-state index is 0.124. The van der Waals surface area contributed by atoms with E-state index < -0.39 is 18.1 Å². The highest BCUT2D eigenvalue weighted by molar-refractivity contribution is 6.36. The molecule has 0 fully saturated rings. The summed E-state index contributed by atoms with van der Waals surface area (Å²) in [5.41, 5.74) is 0.165. The Kier molecular flexibility index (Phi) is 6.08. The van der Waals surface area contributed by atoms with Gasteiger partial charge in [-0.2, -0.15) is 0 Å². The molecule has 2 unspecified atom stereocenters. The van der Waals surface area contributed by atoms with Crippen LogP contribution in [-0.2, 0) is 14.3 Å². The summed E-state index contributed by atoms with van der Waals surface area (Å²) in [6.45, 7) is 1.74. The summed E-state index contributed by atoms with van der Waals surface area (Å²) in [4.78, 5) is 22.2. The Hall–Kier alpha value is -1.30. The van der Waals surface area contributed by atoms with E-state index in [4.69, 9.17) is 27.9 Å². The first-order valence-electron chi connectivity index (χ1n) is 5.51. The van der Waals surface area contributed by atoms with E-state index in [-0.39, 0.29) is 22.2 Å². The topological polar surface area (TPSA) is 75.6 Å². The molecule has 7 heteroatoms. The molecule has 0 aliphatic rings. The number of rotatable bonds is 6. The van der Waals surface area contributed by atoms with Gasteiger partial charge in [0.1, 0.15) is 6.10 Å². The van der Waals surface area contributed by atoms with Crippen molar-refractivity contribution in [3.05, 3.63) is 33.8 Å². The molecule has 1 aromatic carbocycles. The number of nitrogens with one attached hydrogen (secondary N) is 1. The summed E-state index contributed by atoms with van der Waals surface area (Å²) in [7, 11) is 0. The Labute approximate surface area is 120 Å². The summed E-state index contributed by atoms with van der Waals surface area (Å²) in [6.07, 6.45) is -1.10. The van der Waals surface area contributed by atoms with Crippen molar-refractivity contribution in [3.63, 3.8) is 0 Å². The smallest absolute Gasteiger partial charge is 0.331 e. The van der Waals surface area contributed by atoms with Gasteiger partial charge in [-0.25, -0.2) is 4.79 Å². The lowest BCUT2D eigenvalue weighted by Crippen LogP contribution is -2.42. The Morgan fingerprint density at radius 2 is 2.05 bits per heavy atom. The zero-order chi connectivity index (χ0) is 14.4. The number of hydrogen-bond donors (Lipinski definition) is 2. The fourth-order valence-electron chi connectivity index (χ4n) is 1.55. The zero-order valence-corrected chi connectivity index (χ0v) is 11.6. The van der Waals surface area contributed by atoms with E-state index in [1.54, 1.807) is 13.0 Å². The van der Waals surface area contributed by atoms with Gasteiger partial charge in [-0.05, 0) is 19.1 Å². The highest BCUT2D eigenvalue weighted by atomic mass is 35.5. The Balaban J connectivity index is 3.08. The molecule has 1 rings (SSSR count). The molecule has 0 heterocycles. The number of aliphatic hydroxyl groups is 1. The molecule has 0 bridgehead atoms. The third-order valence-corrected chi connectivity index (χ3v) is 3.06. The molecule has 1 aromatic rings. The summed E-state index contributed by atoms with van der Waals surface area (Å²) in [5, 5.41) is 12.8. The maximum Gasteiger partial charge on any atom is 0.331 e. The summed E-state index contributed by atoms with van der Waals surface area (Å²) in [6, 6.07) is 3.38. The lowest BCUT2D eigenvalue weighted by molar-refractivity contribution is -0.149. The van der Waals surface area contributed by atoms with E-state index in [1.165, 1.54) is 12.1 Å². The lowest BCUT2D eigenvalue weighted by Gasteiger charge is -2.22. The zero-order valence-electron chi connectivity index (χ0n) is 10.1. The third kappa shape index (κ3) is 3.83. The summed E-state index contributed by atoms with van der Waals surface area (Å²) >= 11 is 11.9. The lowest BCUT2D eigenvalue weighted by atomic mass is 10.0. The summed E-state index contributed by atoms with van der Waals surface area (Å²) in [5.74, 6) is -0.766. The fraction of sp³-hybridized carbons (Fsp3) is 0.333. The average molecular weight is 306 g/mol. The monoisotopic (exact) mass is 305 g/mol. The van der Waals surface area contributed by atoms with E-state index in [1.807, 2.05) is 0 Å². The van der Waals surface area contributed by atoms with Gasteiger partial charge in [0.15, 0.2) is 6.04 Å². The van der Waals surface area contributed by atoms with Gasteiger partial charge in [-0.1, -0.05) is 29.3 Å². The van der Waals surface area contributed by atoms with Crippen LogP contribution in [0.2, 0.25) is 10.0 Å². The first-order valence-corrected chi connectivity index (χ1v) is 6.26. The quantitative estimate of drug-likeness (QED) is 0.619. The van der Waals surface area contributed by atoms with E-state index in [0.29, 0.717) is 6.41 Å². The molecule has 19 heavy (non-hydrogen) atoms. The number of carbonyl (C=O) groups is 2. The average Bonchev–Trinajstić information content (AvgIpc) is 2.35. The van der Waals surface area contributed by atoms with Crippen LogP contribution in [0.25, 0.3) is 0 Å². The molecular weight excluding hydrogens is 293 g/mol. The SMILES string of the molecule is CCOC(=O)C(NC=O)C(O)c1c(Cl)cccc1Cl. The number of amides is 1. The fourth-order valence-corrected chi connectivity index (χ4v) is 2.17. The molecule has 0 aromatic heterocycles. The van der Waals surface area contributed by atoms with Crippen molar-refractivity contribution in [1.82, 2.24) is 5.32 Å². The first-order chi connectivity index (χ1) is 9.02. The predicted molar refractivity (Wildman–Crippen MR) is 71.0 cm³/mol. The van der Waals surface area contributed by atoms with Gasteiger partial charge in [0.2, 0.25) is 6.41 Å². The van der Waals surface area contributed by atoms with Gasteiger partial charge in [0, 0.05) is 15.6 Å². The molecule has 0 saturated carbocycles. The maximum absolute atomic E-state index is 11.7. The Morgan fingerprint density at radius 1 is 1.47 bits per heavy atom. The summed E-state index contributed by atoms with van der Waals surface area (Å²) < 4.78 is 4.77. The van der Waals surface area contributed by atoms with Gasteiger partial charge in [0.05, 0.1) is 6.61 Å². The van der Waals surface area contributed by atoms with Crippen molar-refractivity contribution in [3.8, 4) is 0 Å². The van der Waals surface area contributed by atoms with Crippen molar-refractivity contribution in [2.24, 2.45) is 0 Å². The second-order valence-electron chi connectivity index (χ2n) is 3.59. The first kappa shape index (κ1) is 15.8. The molecule has 0 aliphatic heterocycles. The number of benzene rings is 1. The molecule has 0 radical (unpaired) electrons. The van der Waals surface area contributed by atoms with E-state index in [9.17, 15) is 14.7 Å². The van der Waals surface area contributed by atoms with E-state index in [0.717, 1.165) is 0 Å². The van der Waals surface area contributed by atoms with Gasteiger partial charge in [0.25, 0.3) is 0 Å². The molecule has 5 nitrogen and oxygen atoms in total. The molecule has 0 spiro atoms. The second kappa shape index (κ2) is 7.33. The van der Waals surface area contributed by atoms with Crippen LogP contribution < -0.4 is 5.32 Å². The van der Waals surface area contributed by atoms with Crippen LogP contribution in [0, 0.1) is 0 Å². The molecular formula is C12H13Cl2NO4. The van der Waals surface area contributed by atoms with Crippen LogP contribution in [0.1, 0.15) is 18.6 Å². The predicted octanol–water partition coefficient (Wildman–Crippen LogP) is 1.70. The molecule has 0 aliphatic carbocycles. The second-order valence-corrected chi connectivity index (χ2v) is 4.41. The minimum Gasteiger partial charge on any atom is -0.464 e. The highest BCUT2D eigenvalue weighted by Crippen LogP contribution is 2.32. The number of halogens is 2. The van der Waals surface area contributed by atoms with Crippen molar-refractivity contribution in [2.45, 2.75) is 19.1 Å².